The summed E-state index contributed by atoms with van der Waals surface area (Å²) in [7, 11) is 0. The Balaban J connectivity index is 1.76. The second kappa shape index (κ2) is 9.31. The number of phenolic OH excluding ortho intramolecular Hbond substituents is 1. The van der Waals surface area contributed by atoms with Crippen LogP contribution in [0.5, 0.6) is 11.5 Å². The Labute approximate surface area is 182 Å². The zero-order chi connectivity index (χ0) is 21.8. The third-order valence-electron chi connectivity index (χ3n) is 5.64. The Morgan fingerprint density at radius 2 is 1.74 bits per heavy atom. The molecular formula is C26H27FN2O2. The molecule has 5 heteroatoms. The summed E-state index contributed by atoms with van der Waals surface area (Å²) in [5, 5.41) is 14.2. The molecule has 4 nitrogen and oxygen atoms in total. The Kier molecular flexibility index (Phi) is 6.33. The van der Waals surface area contributed by atoms with Gasteiger partial charge in [0.15, 0.2) is 11.5 Å². The molecule has 0 saturated carbocycles. The van der Waals surface area contributed by atoms with Crippen LogP contribution in [0.4, 0.5) is 4.39 Å². The molecule has 0 fully saturated rings. The van der Waals surface area contributed by atoms with E-state index < -0.39 is 6.17 Å². The van der Waals surface area contributed by atoms with E-state index in [-0.39, 0.29) is 17.6 Å². The molecule has 0 aromatic heterocycles. The molecule has 3 aromatic rings. The number of nitrogens with zero attached hydrogens (tertiary/aromatic N) is 1. The maximum Gasteiger partial charge on any atom is 0.162 e. The minimum absolute atomic E-state index is 0.108. The number of para-hydroxylation sites is 1. The van der Waals surface area contributed by atoms with E-state index in [1.807, 2.05) is 25.1 Å². The molecule has 160 valence electrons. The minimum atomic E-state index is -0.559. The first kappa shape index (κ1) is 21.1. The monoisotopic (exact) mass is 418 g/mol. The summed E-state index contributed by atoms with van der Waals surface area (Å²) in [5.41, 5.74) is 4.33. The predicted molar refractivity (Wildman–Crippen MR) is 121 cm³/mol. The molecule has 0 aliphatic carbocycles. The number of phenols is 1. The molecular weight excluding hydrogens is 391 g/mol. The first-order chi connectivity index (χ1) is 15.1. The van der Waals surface area contributed by atoms with Crippen LogP contribution in [-0.4, -0.2) is 17.4 Å². The van der Waals surface area contributed by atoms with Gasteiger partial charge in [0.25, 0.3) is 0 Å². The highest BCUT2D eigenvalue weighted by Crippen LogP contribution is 2.39. The molecule has 2 atom stereocenters. The van der Waals surface area contributed by atoms with Crippen molar-refractivity contribution >= 4 is 5.71 Å². The van der Waals surface area contributed by atoms with Crippen molar-refractivity contribution in [2.24, 2.45) is 4.99 Å². The second-order valence-electron chi connectivity index (χ2n) is 7.60. The summed E-state index contributed by atoms with van der Waals surface area (Å²) in [4.78, 5) is 4.86. The van der Waals surface area contributed by atoms with Gasteiger partial charge in [0.1, 0.15) is 12.0 Å². The molecule has 0 radical (unpaired) electrons. The van der Waals surface area contributed by atoms with Crippen molar-refractivity contribution in [2.45, 2.75) is 38.9 Å². The van der Waals surface area contributed by atoms with Gasteiger partial charge in [-0.15, -0.1) is 0 Å². The molecule has 1 aliphatic rings. The van der Waals surface area contributed by atoms with Gasteiger partial charge in [0.05, 0.1) is 6.61 Å². The van der Waals surface area contributed by atoms with Gasteiger partial charge in [-0.1, -0.05) is 61.5 Å². The minimum Gasteiger partial charge on any atom is -0.504 e. The first-order valence-corrected chi connectivity index (χ1v) is 10.7. The number of aromatic hydroxyl groups is 1. The van der Waals surface area contributed by atoms with E-state index in [2.05, 4.69) is 36.5 Å². The maximum atomic E-state index is 14.6. The normalized spacial score (nSPS) is 18.5. The van der Waals surface area contributed by atoms with Crippen molar-refractivity contribution in [1.82, 2.24) is 5.32 Å². The van der Waals surface area contributed by atoms with Gasteiger partial charge in [0, 0.05) is 29.3 Å². The summed E-state index contributed by atoms with van der Waals surface area (Å²) in [6, 6.07) is 20.2. The van der Waals surface area contributed by atoms with E-state index in [1.165, 1.54) is 11.6 Å². The molecule has 0 amide bonds. The number of hydrogen-bond donors (Lipinski definition) is 2. The summed E-state index contributed by atoms with van der Waals surface area (Å²) >= 11 is 0. The molecule has 1 heterocycles. The van der Waals surface area contributed by atoms with Crippen LogP contribution in [0.3, 0.4) is 0 Å². The fraction of sp³-hybridized carbons (Fsp3) is 0.269. The van der Waals surface area contributed by atoms with Gasteiger partial charge in [-0.25, -0.2) is 4.39 Å². The Morgan fingerprint density at radius 3 is 2.45 bits per heavy atom. The van der Waals surface area contributed by atoms with Crippen LogP contribution in [0.2, 0.25) is 0 Å². The van der Waals surface area contributed by atoms with Crippen molar-refractivity contribution in [3.63, 3.8) is 0 Å². The Bertz CT molecular complexity index is 1080. The van der Waals surface area contributed by atoms with Crippen molar-refractivity contribution in [3.8, 4) is 11.5 Å². The summed E-state index contributed by atoms with van der Waals surface area (Å²) in [6.45, 7) is 4.46. The lowest BCUT2D eigenvalue weighted by Crippen LogP contribution is -2.33. The van der Waals surface area contributed by atoms with Gasteiger partial charge >= 0.3 is 0 Å². The van der Waals surface area contributed by atoms with E-state index in [0.29, 0.717) is 29.9 Å². The van der Waals surface area contributed by atoms with Crippen LogP contribution in [0.15, 0.2) is 71.7 Å². The maximum absolute atomic E-state index is 14.6. The number of hydrogen-bond acceptors (Lipinski definition) is 4. The third-order valence-corrected chi connectivity index (χ3v) is 5.64. The lowest BCUT2D eigenvalue weighted by molar-refractivity contribution is 0.313. The molecule has 0 saturated heterocycles. The SMILES string of the molecule is CCOc1cccc([C@@H]2CC(c3ccc(CC)cc3)=N[C@H](c3ccccc3F)N2)c1O. The first-order valence-electron chi connectivity index (χ1n) is 10.7. The van der Waals surface area contributed by atoms with E-state index in [1.54, 1.807) is 18.2 Å². The molecule has 1 aliphatic heterocycles. The zero-order valence-corrected chi connectivity index (χ0v) is 17.8. The Hall–Kier alpha value is -3.18. The van der Waals surface area contributed by atoms with Crippen LogP contribution in [0.1, 0.15) is 54.7 Å². The summed E-state index contributed by atoms with van der Waals surface area (Å²) in [5.74, 6) is 0.245. The number of aliphatic imine (C=N–C) groups is 1. The van der Waals surface area contributed by atoms with Crippen molar-refractivity contribution in [3.05, 3.63) is 94.8 Å². The van der Waals surface area contributed by atoms with Crippen LogP contribution < -0.4 is 10.1 Å². The number of benzene rings is 3. The van der Waals surface area contributed by atoms with Crippen LogP contribution in [-0.2, 0) is 6.42 Å². The Morgan fingerprint density at radius 1 is 1.00 bits per heavy atom. The van der Waals surface area contributed by atoms with Crippen LogP contribution in [0, 0.1) is 5.82 Å². The quantitative estimate of drug-likeness (QED) is 0.539. The average molecular weight is 419 g/mol. The second-order valence-corrected chi connectivity index (χ2v) is 7.60. The topological polar surface area (TPSA) is 53.8 Å². The summed E-state index contributed by atoms with van der Waals surface area (Å²) in [6.07, 6.45) is 0.975. The molecule has 0 spiro atoms. The number of halogens is 1. The van der Waals surface area contributed by atoms with Gasteiger partial charge in [-0.05, 0) is 36.6 Å². The average Bonchev–Trinajstić information content (AvgIpc) is 2.80. The molecule has 0 bridgehead atoms. The highest BCUT2D eigenvalue weighted by atomic mass is 19.1. The van der Waals surface area contributed by atoms with Crippen molar-refractivity contribution in [1.29, 1.82) is 0 Å². The molecule has 3 aromatic carbocycles. The highest BCUT2D eigenvalue weighted by molar-refractivity contribution is 6.01. The van der Waals surface area contributed by atoms with E-state index in [4.69, 9.17) is 9.73 Å². The van der Waals surface area contributed by atoms with Crippen molar-refractivity contribution in [2.75, 3.05) is 6.61 Å². The fourth-order valence-corrected chi connectivity index (χ4v) is 3.96. The molecule has 2 N–H and O–H groups in total. The van der Waals surface area contributed by atoms with E-state index >= 15 is 0 Å². The van der Waals surface area contributed by atoms with Crippen LogP contribution in [0.25, 0.3) is 0 Å². The van der Waals surface area contributed by atoms with Gasteiger partial charge in [-0.2, -0.15) is 0 Å². The predicted octanol–water partition coefficient (Wildman–Crippen LogP) is 5.71. The van der Waals surface area contributed by atoms with Crippen molar-refractivity contribution < 1.29 is 14.2 Å². The molecule has 31 heavy (non-hydrogen) atoms. The largest absolute Gasteiger partial charge is 0.504 e. The van der Waals surface area contributed by atoms with E-state index in [0.717, 1.165) is 17.7 Å². The van der Waals surface area contributed by atoms with Gasteiger partial charge in [-0.3, -0.25) is 10.3 Å². The van der Waals surface area contributed by atoms with E-state index in [9.17, 15) is 9.50 Å². The number of rotatable bonds is 6. The standard InChI is InChI=1S/C26H27FN2O2/c1-3-17-12-14-18(15-13-17)22-16-23(20-9-7-11-24(25(20)30)31-4-2)29-26(28-22)19-8-5-6-10-21(19)27/h5-15,23,26,29-30H,3-4,16H2,1-2H3/t23-,26-/m0/s1. The highest BCUT2D eigenvalue weighted by Gasteiger charge is 2.29. The number of aryl methyl sites for hydroxylation is 1. The van der Waals surface area contributed by atoms with Crippen LogP contribution >= 0.6 is 0 Å². The smallest absolute Gasteiger partial charge is 0.162 e. The lowest BCUT2D eigenvalue weighted by Gasteiger charge is -2.31. The summed E-state index contributed by atoms with van der Waals surface area (Å²) < 4.78 is 20.2. The molecule has 0 unspecified atom stereocenters. The zero-order valence-electron chi connectivity index (χ0n) is 17.8. The molecule has 4 rings (SSSR count). The number of ether oxygens (including phenoxy) is 1. The number of nitrogens with one attached hydrogen (secondary N) is 1. The lowest BCUT2D eigenvalue weighted by atomic mass is 9.92. The van der Waals surface area contributed by atoms with Gasteiger partial charge in [0.2, 0.25) is 0 Å². The third kappa shape index (κ3) is 4.47. The van der Waals surface area contributed by atoms with Gasteiger partial charge < -0.3 is 9.84 Å². The fourth-order valence-electron chi connectivity index (χ4n) is 3.96.